The lowest BCUT2D eigenvalue weighted by atomic mass is 10.0. The van der Waals surface area contributed by atoms with Crippen molar-refractivity contribution >= 4 is 56.6 Å². The molecule has 1 amide bonds. The summed E-state index contributed by atoms with van der Waals surface area (Å²) in [5.74, 6) is 0.330. The van der Waals surface area contributed by atoms with Gasteiger partial charge in [0.2, 0.25) is 0 Å². The molecule has 0 aliphatic carbocycles. The van der Waals surface area contributed by atoms with Crippen molar-refractivity contribution in [1.82, 2.24) is 5.32 Å². The van der Waals surface area contributed by atoms with Crippen LogP contribution in [0.25, 0.3) is 0 Å². The van der Waals surface area contributed by atoms with Crippen LogP contribution in [0.1, 0.15) is 23.7 Å². The Bertz CT molecular complexity index is 427. The van der Waals surface area contributed by atoms with Crippen molar-refractivity contribution < 1.29 is 4.79 Å². The fourth-order valence-electron chi connectivity index (χ4n) is 1.33. The van der Waals surface area contributed by atoms with Gasteiger partial charge in [-0.1, -0.05) is 18.5 Å². The van der Waals surface area contributed by atoms with Crippen LogP contribution >= 0.6 is 50.7 Å². The number of carbonyl (C=O) groups is 1. The minimum absolute atomic E-state index is 0.212. The van der Waals surface area contributed by atoms with Crippen molar-refractivity contribution in [2.45, 2.75) is 18.9 Å². The average Bonchev–Trinajstić information content (AvgIpc) is 2.39. The number of alkyl halides is 2. The Morgan fingerprint density at radius 2 is 2.00 bits per heavy atom. The number of hydrogen-bond acceptors (Lipinski definition) is 1. The zero-order valence-electron chi connectivity index (χ0n) is 9.77. The van der Waals surface area contributed by atoms with Gasteiger partial charge < -0.3 is 5.32 Å². The van der Waals surface area contributed by atoms with E-state index >= 15 is 0 Å². The van der Waals surface area contributed by atoms with Crippen LogP contribution in [0.2, 0.25) is 5.02 Å². The molecule has 0 radical (unpaired) electrons. The molecule has 0 saturated carbocycles. The molecule has 0 heterocycles. The molecule has 0 aliphatic heterocycles. The third-order valence-electron chi connectivity index (χ3n) is 2.75. The van der Waals surface area contributed by atoms with E-state index in [4.69, 9.17) is 34.8 Å². The summed E-state index contributed by atoms with van der Waals surface area (Å²) in [7, 11) is 0. The first-order valence-electron chi connectivity index (χ1n) is 5.37. The van der Waals surface area contributed by atoms with Crippen molar-refractivity contribution in [2.24, 2.45) is 0 Å². The first kappa shape index (κ1) is 16.1. The van der Waals surface area contributed by atoms with E-state index < -0.39 is 5.54 Å². The van der Waals surface area contributed by atoms with Gasteiger partial charge in [0.15, 0.2) is 0 Å². The van der Waals surface area contributed by atoms with Gasteiger partial charge in [0.05, 0.1) is 10.6 Å². The van der Waals surface area contributed by atoms with Gasteiger partial charge in [-0.05, 0) is 40.5 Å². The van der Waals surface area contributed by atoms with E-state index in [1.165, 1.54) is 0 Å². The quantitative estimate of drug-likeness (QED) is 0.759. The molecule has 6 heteroatoms. The summed E-state index contributed by atoms with van der Waals surface area (Å²) in [6.07, 6.45) is 0.667. The Hall–Kier alpha value is 0.0400. The zero-order chi connectivity index (χ0) is 13.8. The predicted octanol–water partition coefficient (Wildman–Crippen LogP) is 4.46. The molecule has 0 saturated heterocycles. The number of halogens is 4. The highest BCUT2D eigenvalue weighted by molar-refractivity contribution is 9.10. The van der Waals surface area contributed by atoms with Gasteiger partial charge in [0, 0.05) is 21.8 Å². The van der Waals surface area contributed by atoms with Crippen molar-refractivity contribution in [3.05, 3.63) is 33.3 Å². The van der Waals surface area contributed by atoms with Crippen LogP contribution in [0.4, 0.5) is 0 Å². The van der Waals surface area contributed by atoms with E-state index in [0.29, 0.717) is 21.5 Å². The minimum atomic E-state index is -0.577. The predicted molar refractivity (Wildman–Crippen MR) is 81.1 cm³/mol. The zero-order valence-corrected chi connectivity index (χ0v) is 13.6. The van der Waals surface area contributed by atoms with Crippen molar-refractivity contribution in [3.8, 4) is 0 Å². The molecule has 1 N–H and O–H groups in total. The Morgan fingerprint density at radius 1 is 1.39 bits per heavy atom. The van der Waals surface area contributed by atoms with Crippen LogP contribution in [0, 0.1) is 0 Å². The van der Waals surface area contributed by atoms with E-state index in [9.17, 15) is 4.79 Å². The molecule has 1 aromatic rings. The minimum Gasteiger partial charge on any atom is -0.344 e. The van der Waals surface area contributed by atoms with Gasteiger partial charge in [-0.25, -0.2) is 0 Å². The van der Waals surface area contributed by atoms with Crippen LogP contribution in [0.5, 0.6) is 0 Å². The largest absolute Gasteiger partial charge is 0.344 e. The maximum atomic E-state index is 12.1. The fraction of sp³-hybridized carbons (Fsp3) is 0.417. The number of carbonyl (C=O) groups excluding carboxylic acids is 1. The van der Waals surface area contributed by atoms with E-state index in [1.807, 2.05) is 6.92 Å². The van der Waals surface area contributed by atoms with Gasteiger partial charge in [-0.2, -0.15) is 0 Å². The van der Waals surface area contributed by atoms with Crippen LogP contribution < -0.4 is 5.32 Å². The summed E-state index contributed by atoms with van der Waals surface area (Å²) in [5, 5.41) is 3.43. The fourth-order valence-corrected chi connectivity index (χ4v) is 2.62. The van der Waals surface area contributed by atoms with Gasteiger partial charge >= 0.3 is 0 Å². The highest BCUT2D eigenvalue weighted by Crippen LogP contribution is 2.24. The van der Waals surface area contributed by atoms with Crippen LogP contribution in [-0.4, -0.2) is 23.2 Å². The molecule has 18 heavy (non-hydrogen) atoms. The standard InChI is InChI=1S/C12H13BrCl3NO/c1-2-12(6-14,7-15)17-11(18)8-3-4-10(16)9(13)5-8/h3-5H,2,6-7H2,1H3,(H,17,18). The molecule has 0 bridgehead atoms. The molecule has 0 fully saturated rings. The highest BCUT2D eigenvalue weighted by Gasteiger charge is 2.28. The SMILES string of the molecule is CCC(CCl)(CCl)NC(=O)c1ccc(Cl)c(Br)c1. The Labute approximate surface area is 130 Å². The second-order valence-electron chi connectivity index (χ2n) is 3.98. The third kappa shape index (κ3) is 3.77. The lowest BCUT2D eigenvalue weighted by Crippen LogP contribution is -2.51. The van der Waals surface area contributed by atoms with Crippen molar-refractivity contribution in [1.29, 1.82) is 0 Å². The summed E-state index contributed by atoms with van der Waals surface area (Å²) in [5.41, 5.74) is -0.0638. The monoisotopic (exact) mass is 371 g/mol. The van der Waals surface area contributed by atoms with Gasteiger partial charge in [0.1, 0.15) is 0 Å². The van der Waals surface area contributed by atoms with Crippen molar-refractivity contribution in [3.63, 3.8) is 0 Å². The summed E-state index contributed by atoms with van der Waals surface area (Å²) in [6, 6.07) is 4.99. The molecule has 0 aromatic heterocycles. The summed E-state index contributed by atoms with van der Waals surface area (Å²) in [4.78, 5) is 12.1. The first-order chi connectivity index (χ1) is 8.48. The lowest BCUT2D eigenvalue weighted by Gasteiger charge is -2.29. The van der Waals surface area contributed by atoms with Crippen LogP contribution in [-0.2, 0) is 0 Å². The number of benzene rings is 1. The second-order valence-corrected chi connectivity index (χ2v) is 5.78. The normalized spacial score (nSPS) is 11.4. The number of nitrogens with one attached hydrogen (secondary N) is 1. The molecule has 0 unspecified atom stereocenters. The topological polar surface area (TPSA) is 29.1 Å². The molecule has 100 valence electrons. The number of hydrogen-bond donors (Lipinski definition) is 1. The average molecular weight is 374 g/mol. The van der Waals surface area contributed by atoms with Gasteiger partial charge in [0.25, 0.3) is 5.91 Å². The van der Waals surface area contributed by atoms with Crippen LogP contribution in [0.15, 0.2) is 22.7 Å². The maximum Gasteiger partial charge on any atom is 0.251 e. The van der Waals surface area contributed by atoms with E-state index in [0.717, 1.165) is 0 Å². The van der Waals surface area contributed by atoms with E-state index in [1.54, 1.807) is 18.2 Å². The van der Waals surface area contributed by atoms with E-state index in [2.05, 4.69) is 21.2 Å². The Kier molecular flexibility index (Phi) is 6.25. The number of rotatable bonds is 5. The molecule has 1 rings (SSSR count). The molecule has 0 atom stereocenters. The van der Waals surface area contributed by atoms with E-state index in [-0.39, 0.29) is 17.7 Å². The molecular formula is C12H13BrCl3NO. The smallest absolute Gasteiger partial charge is 0.251 e. The lowest BCUT2D eigenvalue weighted by molar-refractivity contribution is 0.0913. The molecular weight excluding hydrogens is 360 g/mol. The van der Waals surface area contributed by atoms with Crippen molar-refractivity contribution in [2.75, 3.05) is 11.8 Å². The highest BCUT2D eigenvalue weighted by atomic mass is 79.9. The van der Waals surface area contributed by atoms with Gasteiger partial charge in [-0.3, -0.25) is 4.79 Å². The number of amides is 1. The molecule has 2 nitrogen and oxygen atoms in total. The first-order valence-corrected chi connectivity index (χ1v) is 7.61. The maximum absolute atomic E-state index is 12.1. The summed E-state index contributed by atoms with van der Waals surface area (Å²) in [6.45, 7) is 1.93. The van der Waals surface area contributed by atoms with Gasteiger partial charge in [-0.15, -0.1) is 23.2 Å². The molecule has 1 aromatic carbocycles. The summed E-state index contributed by atoms with van der Waals surface area (Å²) < 4.78 is 0.677. The molecule has 0 spiro atoms. The third-order valence-corrected chi connectivity index (χ3v) is 4.99. The second kappa shape index (κ2) is 6.99. The summed E-state index contributed by atoms with van der Waals surface area (Å²) >= 11 is 20.9. The van der Waals surface area contributed by atoms with Crippen LogP contribution in [0.3, 0.4) is 0 Å². The Balaban J connectivity index is 2.90. The Morgan fingerprint density at radius 3 is 2.44 bits per heavy atom. The molecule has 0 aliphatic rings.